The summed E-state index contributed by atoms with van der Waals surface area (Å²) in [4.78, 5) is 25.7. The van der Waals surface area contributed by atoms with Gasteiger partial charge in [0.15, 0.2) is 0 Å². The van der Waals surface area contributed by atoms with Gasteiger partial charge in [-0.25, -0.2) is 4.79 Å². The van der Waals surface area contributed by atoms with Gasteiger partial charge in [-0.1, -0.05) is 18.9 Å². The van der Waals surface area contributed by atoms with Crippen molar-refractivity contribution in [2.75, 3.05) is 20.2 Å². The summed E-state index contributed by atoms with van der Waals surface area (Å²) in [6.45, 7) is 1.61. The quantitative estimate of drug-likeness (QED) is 0.768. The smallest absolute Gasteiger partial charge is 0.337 e. The molecule has 4 heteroatoms. The van der Waals surface area contributed by atoms with Crippen molar-refractivity contribution in [1.82, 2.24) is 4.90 Å². The molecular weight excluding hydrogens is 242 g/mol. The molecule has 1 saturated heterocycles. The first-order valence-electron chi connectivity index (χ1n) is 6.70. The minimum atomic E-state index is -0.412. The molecule has 0 bridgehead atoms. The number of rotatable bonds is 2. The molecule has 2 rings (SSSR count). The topological polar surface area (TPSA) is 46.6 Å². The van der Waals surface area contributed by atoms with Crippen LogP contribution in [0.4, 0.5) is 0 Å². The lowest BCUT2D eigenvalue weighted by Crippen LogP contribution is -2.31. The third-order valence-corrected chi connectivity index (χ3v) is 3.42. The zero-order valence-electron chi connectivity index (χ0n) is 11.2. The zero-order chi connectivity index (χ0) is 13.7. The Kier molecular flexibility index (Phi) is 4.55. The molecule has 0 radical (unpaired) electrons. The highest BCUT2D eigenvalue weighted by Gasteiger charge is 2.18. The van der Waals surface area contributed by atoms with Crippen LogP contribution in [0.1, 0.15) is 46.4 Å². The number of carbonyl (C=O) groups is 2. The van der Waals surface area contributed by atoms with Gasteiger partial charge in [-0.15, -0.1) is 0 Å². The average molecular weight is 261 g/mol. The first kappa shape index (κ1) is 13.6. The Labute approximate surface area is 113 Å². The Morgan fingerprint density at radius 3 is 2.32 bits per heavy atom. The predicted molar refractivity (Wildman–Crippen MR) is 72.2 cm³/mol. The Bertz CT molecular complexity index is 462. The van der Waals surface area contributed by atoms with Gasteiger partial charge in [0.05, 0.1) is 12.7 Å². The van der Waals surface area contributed by atoms with Crippen molar-refractivity contribution in [1.29, 1.82) is 0 Å². The fourth-order valence-corrected chi connectivity index (χ4v) is 2.35. The molecule has 0 aliphatic carbocycles. The standard InChI is InChI=1S/C15H19NO3/c1-19-15(18)13-8-6-7-12(11-13)14(17)16-9-4-2-3-5-10-16/h6-8,11H,2-5,9-10H2,1H3. The van der Waals surface area contributed by atoms with Gasteiger partial charge in [-0.2, -0.15) is 0 Å². The van der Waals surface area contributed by atoms with Gasteiger partial charge in [0.1, 0.15) is 0 Å². The fourth-order valence-electron chi connectivity index (χ4n) is 2.35. The Hall–Kier alpha value is -1.84. The summed E-state index contributed by atoms with van der Waals surface area (Å²) in [5, 5.41) is 0. The molecule has 0 unspecified atom stereocenters. The third-order valence-electron chi connectivity index (χ3n) is 3.42. The first-order valence-corrected chi connectivity index (χ1v) is 6.70. The lowest BCUT2D eigenvalue weighted by Gasteiger charge is -2.20. The molecule has 19 heavy (non-hydrogen) atoms. The number of likely N-dealkylation sites (tertiary alicyclic amines) is 1. The molecule has 4 nitrogen and oxygen atoms in total. The van der Waals surface area contributed by atoms with Gasteiger partial charge in [-0.05, 0) is 31.0 Å². The van der Waals surface area contributed by atoms with Crippen LogP contribution in [0.5, 0.6) is 0 Å². The molecule has 1 heterocycles. The molecule has 1 aromatic carbocycles. The van der Waals surface area contributed by atoms with E-state index >= 15 is 0 Å². The van der Waals surface area contributed by atoms with Crippen LogP contribution >= 0.6 is 0 Å². The summed E-state index contributed by atoms with van der Waals surface area (Å²) < 4.78 is 4.67. The van der Waals surface area contributed by atoms with E-state index in [0.717, 1.165) is 25.9 Å². The minimum absolute atomic E-state index is 0.00709. The zero-order valence-corrected chi connectivity index (χ0v) is 11.2. The number of hydrogen-bond acceptors (Lipinski definition) is 3. The van der Waals surface area contributed by atoms with Crippen molar-refractivity contribution in [3.63, 3.8) is 0 Å². The average Bonchev–Trinajstić information content (AvgIpc) is 2.75. The maximum absolute atomic E-state index is 12.4. The molecule has 0 atom stereocenters. The van der Waals surface area contributed by atoms with Crippen LogP contribution in [-0.4, -0.2) is 37.0 Å². The highest BCUT2D eigenvalue weighted by atomic mass is 16.5. The van der Waals surface area contributed by atoms with E-state index in [1.54, 1.807) is 24.3 Å². The second-order valence-electron chi connectivity index (χ2n) is 4.78. The maximum atomic E-state index is 12.4. The first-order chi connectivity index (χ1) is 9.22. The third kappa shape index (κ3) is 3.34. The van der Waals surface area contributed by atoms with E-state index in [1.807, 2.05) is 4.90 Å². The second-order valence-corrected chi connectivity index (χ2v) is 4.78. The normalized spacial score (nSPS) is 15.7. The largest absolute Gasteiger partial charge is 0.465 e. The summed E-state index contributed by atoms with van der Waals surface area (Å²) in [6.07, 6.45) is 4.49. The highest BCUT2D eigenvalue weighted by Crippen LogP contribution is 2.14. The number of ether oxygens (including phenoxy) is 1. The summed E-state index contributed by atoms with van der Waals surface area (Å²) >= 11 is 0. The van der Waals surface area contributed by atoms with Crippen molar-refractivity contribution in [3.8, 4) is 0 Å². The lowest BCUT2D eigenvalue weighted by molar-refractivity contribution is 0.0600. The van der Waals surface area contributed by atoms with Crippen molar-refractivity contribution in [2.24, 2.45) is 0 Å². The van der Waals surface area contributed by atoms with Crippen LogP contribution in [0.25, 0.3) is 0 Å². The van der Waals surface area contributed by atoms with E-state index in [-0.39, 0.29) is 5.91 Å². The number of methoxy groups -OCH3 is 1. The van der Waals surface area contributed by atoms with Gasteiger partial charge < -0.3 is 9.64 Å². The molecule has 1 aliphatic rings. The van der Waals surface area contributed by atoms with Gasteiger partial charge in [-0.3, -0.25) is 4.79 Å². The van der Waals surface area contributed by atoms with E-state index in [0.29, 0.717) is 11.1 Å². The van der Waals surface area contributed by atoms with Crippen molar-refractivity contribution in [3.05, 3.63) is 35.4 Å². The van der Waals surface area contributed by atoms with Crippen LogP contribution < -0.4 is 0 Å². The molecule has 0 saturated carbocycles. The van der Waals surface area contributed by atoms with E-state index < -0.39 is 5.97 Å². The molecule has 0 N–H and O–H groups in total. The second kappa shape index (κ2) is 6.36. The number of carbonyl (C=O) groups excluding carboxylic acids is 2. The predicted octanol–water partition coefficient (Wildman–Crippen LogP) is 2.49. The number of amides is 1. The summed E-state index contributed by atoms with van der Waals surface area (Å²) in [5.74, 6) is -0.404. The molecule has 1 aromatic rings. The Balaban J connectivity index is 2.16. The molecule has 1 fully saturated rings. The number of benzene rings is 1. The summed E-state index contributed by atoms with van der Waals surface area (Å²) in [6, 6.07) is 6.74. The van der Waals surface area contributed by atoms with E-state index in [1.165, 1.54) is 20.0 Å². The van der Waals surface area contributed by atoms with E-state index in [2.05, 4.69) is 4.74 Å². The van der Waals surface area contributed by atoms with Crippen LogP contribution in [0.15, 0.2) is 24.3 Å². The Morgan fingerprint density at radius 1 is 1.05 bits per heavy atom. The number of hydrogen-bond donors (Lipinski definition) is 0. The van der Waals surface area contributed by atoms with Gasteiger partial charge in [0, 0.05) is 18.7 Å². The molecule has 1 amide bonds. The van der Waals surface area contributed by atoms with Crippen LogP contribution in [0, 0.1) is 0 Å². The lowest BCUT2D eigenvalue weighted by atomic mass is 10.1. The summed E-state index contributed by atoms with van der Waals surface area (Å²) in [5.41, 5.74) is 0.980. The van der Waals surface area contributed by atoms with Crippen molar-refractivity contribution >= 4 is 11.9 Å². The molecule has 102 valence electrons. The van der Waals surface area contributed by atoms with Gasteiger partial charge in [0.25, 0.3) is 5.91 Å². The molecule has 0 spiro atoms. The maximum Gasteiger partial charge on any atom is 0.337 e. The van der Waals surface area contributed by atoms with Crippen LogP contribution in [-0.2, 0) is 4.74 Å². The van der Waals surface area contributed by atoms with E-state index in [9.17, 15) is 9.59 Å². The number of esters is 1. The minimum Gasteiger partial charge on any atom is -0.465 e. The van der Waals surface area contributed by atoms with Crippen LogP contribution in [0.3, 0.4) is 0 Å². The number of nitrogens with zero attached hydrogens (tertiary/aromatic N) is 1. The van der Waals surface area contributed by atoms with Crippen molar-refractivity contribution in [2.45, 2.75) is 25.7 Å². The van der Waals surface area contributed by atoms with Crippen LogP contribution in [0.2, 0.25) is 0 Å². The van der Waals surface area contributed by atoms with Gasteiger partial charge in [0.2, 0.25) is 0 Å². The monoisotopic (exact) mass is 261 g/mol. The Morgan fingerprint density at radius 2 is 1.68 bits per heavy atom. The van der Waals surface area contributed by atoms with E-state index in [4.69, 9.17) is 0 Å². The van der Waals surface area contributed by atoms with Crippen molar-refractivity contribution < 1.29 is 14.3 Å². The molecular formula is C15H19NO3. The highest BCUT2D eigenvalue weighted by molar-refractivity contribution is 5.97. The fraction of sp³-hybridized carbons (Fsp3) is 0.467. The van der Waals surface area contributed by atoms with Gasteiger partial charge >= 0.3 is 5.97 Å². The molecule has 1 aliphatic heterocycles. The SMILES string of the molecule is COC(=O)c1cccc(C(=O)N2CCCCCC2)c1. The molecule has 0 aromatic heterocycles. The summed E-state index contributed by atoms with van der Waals surface area (Å²) in [7, 11) is 1.34.